The van der Waals surface area contributed by atoms with Gasteiger partial charge in [0.05, 0.1) is 18.1 Å². The SMILES string of the molecule is COc1ccc(S(=O)(=O)NCC[C@@H](O)c2ccccc2)c(C)c1. The monoisotopic (exact) mass is 335 g/mol. The number of aliphatic hydroxyl groups excluding tert-OH is 1. The number of aliphatic hydroxyl groups is 1. The maximum absolute atomic E-state index is 12.3. The van der Waals surface area contributed by atoms with Crippen LogP contribution in [0.3, 0.4) is 0 Å². The summed E-state index contributed by atoms with van der Waals surface area (Å²) in [6.45, 7) is 1.87. The highest BCUT2D eigenvalue weighted by Crippen LogP contribution is 2.21. The van der Waals surface area contributed by atoms with E-state index in [2.05, 4.69) is 4.72 Å². The summed E-state index contributed by atoms with van der Waals surface area (Å²) in [6, 6.07) is 14.0. The standard InChI is InChI=1S/C17H21NO4S/c1-13-12-15(22-2)8-9-17(13)23(20,21)18-11-10-16(19)14-6-4-3-5-7-14/h3-9,12,16,18-19H,10-11H2,1-2H3/t16-/m1/s1. The molecule has 0 saturated carbocycles. The minimum absolute atomic E-state index is 0.157. The number of methoxy groups -OCH3 is 1. The second-order valence-electron chi connectivity index (χ2n) is 5.24. The minimum atomic E-state index is -3.61. The molecule has 5 nitrogen and oxygen atoms in total. The van der Waals surface area contributed by atoms with Gasteiger partial charge in [0, 0.05) is 6.54 Å². The van der Waals surface area contributed by atoms with Gasteiger partial charge in [-0.15, -0.1) is 0 Å². The van der Waals surface area contributed by atoms with Gasteiger partial charge in [0.25, 0.3) is 0 Å². The number of benzene rings is 2. The fourth-order valence-corrected chi connectivity index (χ4v) is 3.57. The largest absolute Gasteiger partial charge is 0.497 e. The second-order valence-corrected chi connectivity index (χ2v) is 6.98. The lowest BCUT2D eigenvalue weighted by Crippen LogP contribution is -2.26. The Morgan fingerprint density at radius 1 is 1.17 bits per heavy atom. The van der Waals surface area contributed by atoms with Crippen molar-refractivity contribution in [2.24, 2.45) is 0 Å². The molecule has 0 unspecified atom stereocenters. The van der Waals surface area contributed by atoms with Gasteiger partial charge in [-0.25, -0.2) is 13.1 Å². The highest BCUT2D eigenvalue weighted by molar-refractivity contribution is 7.89. The zero-order chi connectivity index (χ0) is 16.9. The van der Waals surface area contributed by atoms with Crippen molar-refractivity contribution in [1.29, 1.82) is 0 Å². The Morgan fingerprint density at radius 2 is 1.87 bits per heavy atom. The first-order chi connectivity index (χ1) is 10.9. The van der Waals surface area contributed by atoms with E-state index in [9.17, 15) is 13.5 Å². The number of ether oxygens (including phenoxy) is 1. The van der Waals surface area contributed by atoms with Crippen molar-refractivity contribution in [2.75, 3.05) is 13.7 Å². The molecule has 0 aromatic heterocycles. The smallest absolute Gasteiger partial charge is 0.240 e. The van der Waals surface area contributed by atoms with E-state index in [-0.39, 0.29) is 11.4 Å². The first-order valence-corrected chi connectivity index (χ1v) is 8.79. The van der Waals surface area contributed by atoms with Crippen molar-refractivity contribution in [2.45, 2.75) is 24.3 Å². The molecule has 0 aliphatic heterocycles. The summed E-state index contributed by atoms with van der Waals surface area (Å²) in [7, 11) is -2.08. The van der Waals surface area contributed by atoms with Gasteiger partial charge in [-0.05, 0) is 42.7 Å². The Labute approximate surface area is 137 Å². The normalized spacial score (nSPS) is 12.8. The molecule has 0 aliphatic rings. The summed E-state index contributed by atoms with van der Waals surface area (Å²) in [6.07, 6.45) is -0.394. The Morgan fingerprint density at radius 3 is 2.48 bits per heavy atom. The Hall–Kier alpha value is -1.89. The summed E-state index contributed by atoms with van der Waals surface area (Å²) in [4.78, 5) is 0.215. The van der Waals surface area contributed by atoms with Crippen LogP contribution >= 0.6 is 0 Å². The zero-order valence-electron chi connectivity index (χ0n) is 13.2. The minimum Gasteiger partial charge on any atom is -0.497 e. The van der Waals surface area contributed by atoms with Gasteiger partial charge in [0.15, 0.2) is 0 Å². The average Bonchev–Trinajstić information content (AvgIpc) is 2.55. The summed E-state index contributed by atoms with van der Waals surface area (Å²) < 4.78 is 32.3. The van der Waals surface area contributed by atoms with Crippen LogP contribution in [-0.2, 0) is 10.0 Å². The van der Waals surface area contributed by atoms with Gasteiger partial charge in [-0.1, -0.05) is 30.3 Å². The van der Waals surface area contributed by atoms with Crippen LogP contribution in [0.4, 0.5) is 0 Å². The predicted molar refractivity (Wildman–Crippen MR) is 88.9 cm³/mol. The van der Waals surface area contributed by atoms with Crippen LogP contribution in [0.1, 0.15) is 23.7 Å². The van der Waals surface area contributed by atoms with Crippen LogP contribution in [0, 0.1) is 6.92 Å². The Balaban J connectivity index is 1.99. The molecule has 2 aromatic carbocycles. The molecule has 2 aromatic rings. The van der Waals surface area contributed by atoms with E-state index >= 15 is 0 Å². The zero-order valence-corrected chi connectivity index (χ0v) is 14.0. The van der Waals surface area contributed by atoms with E-state index in [1.165, 1.54) is 13.2 Å². The number of hydrogen-bond donors (Lipinski definition) is 2. The highest BCUT2D eigenvalue weighted by Gasteiger charge is 2.17. The molecule has 0 aliphatic carbocycles. The molecule has 0 fully saturated rings. The first kappa shape index (κ1) is 17.5. The number of rotatable bonds is 7. The van der Waals surface area contributed by atoms with E-state index in [0.29, 0.717) is 17.7 Å². The van der Waals surface area contributed by atoms with Crippen molar-refractivity contribution in [3.05, 3.63) is 59.7 Å². The Kier molecular flexibility index (Phi) is 5.76. The molecule has 0 radical (unpaired) electrons. The summed E-state index contributed by atoms with van der Waals surface area (Å²) in [5, 5.41) is 10.1. The molecule has 6 heteroatoms. The molecule has 2 rings (SSSR count). The van der Waals surface area contributed by atoms with Gasteiger partial charge >= 0.3 is 0 Å². The summed E-state index contributed by atoms with van der Waals surface area (Å²) in [5.41, 5.74) is 1.38. The molecule has 23 heavy (non-hydrogen) atoms. The van der Waals surface area contributed by atoms with E-state index in [1.54, 1.807) is 19.1 Å². The molecule has 0 spiro atoms. The van der Waals surface area contributed by atoms with Crippen LogP contribution in [0.5, 0.6) is 5.75 Å². The lowest BCUT2D eigenvalue weighted by atomic mass is 10.1. The van der Waals surface area contributed by atoms with Gasteiger partial charge in [0.1, 0.15) is 5.75 Å². The van der Waals surface area contributed by atoms with Crippen LogP contribution in [0.2, 0.25) is 0 Å². The lowest BCUT2D eigenvalue weighted by molar-refractivity contribution is 0.169. The number of aryl methyl sites for hydroxylation is 1. The van der Waals surface area contributed by atoms with Crippen molar-refractivity contribution in [3.8, 4) is 5.75 Å². The van der Waals surface area contributed by atoms with E-state index in [0.717, 1.165) is 5.56 Å². The maximum Gasteiger partial charge on any atom is 0.240 e. The third-order valence-electron chi connectivity index (χ3n) is 3.57. The average molecular weight is 335 g/mol. The Bertz CT molecular complexity index is 744. The van der Waals surface area contributed by atoms with Crippen molar-refractivity contribution < 1.29 is 18.3 Å². The van der Waals surface area contributed by atoms with Crippen LogP contribution in [0.25, 0.3) is 0 Å². The quantitative estimate of drug-likeness (QED) is 0.815. The fraction of sp³-hybridized carbons (Fsp3) is 0.294. The van der Waals surface area contributed by atoms with Gasteiger partial charge in [-0.2, -0.15) is 0 Å². The van der Waals surface area contributed by atoms with E-state index in [4.69, 9.17) is 4.74 Å². The fourth-order valence-electron chi connectivity index (χ4n) is 2.30. The molecule has 2 N–H and O–H groups in total. The number of nitrogens with one attached hydrogen (secondary N) is 1. The van der Waals surface area contributed by atoms with Gasteiger partial charge in [-0.3, -0.25) is 0 Å². The van der Waals surface area contributed by atoms with Gasteiger partial charge in [0.2, 0.25) is 10.0 Å². The van der Waals surface area contributed by atoms with Crippen molar-refractivity contribution >= 4 is 10.0 Å². The third-order valence-corrected chi connectivity index (χ3v) is 5.19. The topological polar surface area (TPSA) is 75.6 Å². The molecule has 0 bridgehead atoms. The lowest BCUT2D eigenvalue weighted by Gasteiger charge is -2.13. The van der Waals surface area contributed by atoms with Crippen molar-refractivity contribution in [1.82, 2.24) is 4.72 Å². The molecule has 0 heterocycles. The summed E-state index contributed by atoms with van der Waals surface area (Å²) >= 11 is 0. The van der Waals surface area contributed by atoms with E-state index in [1.807, 2.05) is 30.3 Å². The van der Waals surface area contributed by atoms with Crippen LogP contribution in [0.15, 0.2) is 53.4 Å². The third kappa shape index (κ3) is 4.54. The van der Waals surface area contributed by atoms with Crippen molar-refractivity contribution in [3.63, 3.8) is 0 Å². The molecule has 0 amide bonds. The molecule has 124 valence electrons. The van der Waals surface area contributed by atoms with E-state index < -0.39 is 16.1 Å². The number of hydrogen-bond acceptors (Lipinski definition) is 4. The molecular formula is C17H21NO4S. The number of sulfonamides is 1. The molecule has 0 saturated heterocycles. The second kappa shape index (κ2) is 7.59. The van der Waals surface area contributed by atoms with Crippen LogP contribution in [-0.4, -0.2) is 27.2 Å². The van der Waals surface area contributed by atoms with Crippen LogP contribution < -0.4 is 9.46 Å². The summed E-state index contributed by atoms with van der Waals surface area (Å²) in [5.74, 6) is 0.612. The van der Waals surface area contributed by atoms with Gasteiger partial charge < -0.3 is 9.84 Å². The first-order valence-electron chi connectivity index (χ1n) is 7.31. The highest BCUT2D eigenvalue weighted by atomic mass is 32.2. The predicted octanol–water partition coefficient (Wildman–Crippen LogP) is 2.41. The molecule has 1 atom stereocenters. The maximum atomic E-state index is 12.3. The molecular weight excluding hydrogens is 314 g/mol.